The van der Waals surface area contributed by atoms with Crippen molar-refractivity contribution in [1.29, 1.82) is 0 Å². The zero-order valence-electron chi connectivity index (χ0n) is 25.7. The molecule has 0 saturated carbocycles. The van der Waals surface area contributed by atoms with Crippen LogP contribution in [0.5, 0.6) is 0 Å². The molecule has 1 aliphatic carbocycles. The molecule has 0 fully saturated rings. The van der Waals surface area contributed by atoms with Gasteiger partial charge >= 0.3 is 24.3 Å². The van der Waals surface area contributed by atoms with Crippen LogP contribution in [-0.2, 0) is 44.5 Å². The van der Waals surface area contributed by atoms with E-state index in [4.69, 9.17) is 18.9 Å². The SMILES string of the molecule is CO[C@@](C(=O)OCC1=CC(=O)CC(C)(C)[C@H]1C=C[C@@H](C)OC(=O)[C@](OC)(c1ccccc1)C(F)(F)F)(c1ccccc1)C(F)(F)F. The molecule has 3 rings (SSSR count). The van der Waals surface area contributed by atoms with Crippen molar-refractivity contribution in [3.05, 3.63) is 95.6 Å². The summed E-state index contributed by atoms with van der Waals surface area (Å²) in [7, 11) is 1.45. The van der Waals surface area contributed by atoms with Gasteiger partial charge in [-0.2, -0.15) is 26.3 Å². The highest BCUT2D eigenvalue weighted by molar-refractivity contribution is 5.92. The van der Waals surface area contributed by atoms with Crippen LogP contribution < -0.4 is 0 Å². The number of benzene rings is 2. The number of carbonyl (C=O) groups is 3. The first-order valence-corrected chi connectivity index (χ1v) is 14.0. The fourth-order valence-corrected chi connectivity index (χ4v) is 5.51. The third kappa shape index (κ3) is 7.05. The van der Waals surface area contributed by atoms with E-state index >= 15 is 0 Å². The lowest BCUT2D eigenvalue weighted by Crippen LogP contribution is -2.52. The molecule has 46 heavy (non-hydrogen) atoms. The molecule has 250 valence electrons. The number of hydrogen-bond donors (Lipinski definition) is 0. The number of carbonyl (C=O) groups excluding carboxylic acids is 3. The topological polar surface area (TPSA) is 88.1 Å². The lowest BCUT2D eigenvalue weighted by molar-refractivity contribution is -0.277. The highest BCUT2D eigenvalue weighted by Gasteiger charge is 2.65. The molecule has 13 heteroatoms. The maximum atomic E-state index is 14.3. The Labute approximate surface area is 262 Å². The van der Waals surface area contributed by atoms with Gasteiger partial charge in [0.2, 0.25) is 0 Å². The van der Waals surface area contributed by atoms with Crippen molar-refractivity contribution in [2.24, 2.45) is 11.3 Å². The van der Waals surface area contributed by atoms with Crippen molar-refractivity contribution in [3.8, 4) is 0 Å². The van der Waals surface area contributed by atoms with Gasteiger partial charge in [0.1, 0.15) is 12.7 Å². The number of ketones is 1. The van der Waals surface area contributed by atoms with Gasteiger partial charge in [-0.1, -0.05) is 80.6 Å². The summed E-state index contributed by atoms with van der Waals surface area (Å²) in [6.45, 7) is 3.93. The minimum absolute atomic E-state index is 0.00291. The molecule has 2 aromatic carbocycles. The molecule has 0 unspecified atom stereocenters. The summed E-state index contributed by atoms with van der Waals surface area (Å²) >= 11 is 0. The molecule has 0 bridgehead atoms. The van der Waals surface area contributed by atoms with Crippen molar-refractivity contribution in [1.82, 2.24) is 0 Å². The number of alkyl halides is 6. The van der Waals surface area contributed by atoms with Gasteiger partial charge in [0.25, 0.3) is 11.2 Å². The minimum Gasteiger partial charge on any atom is -0.458 e. The number of rotatable bonds is 11. The number of methoxy groups -OCH3 is 2. The second kappa shape index (κ2) is 13.8. The normalized spacial score (nSPS) is 20.3. The summed E-state index contributed by atoms with van der Waals surface area (Å²) < 4.78 is 106. The van der Waals surface area contributed by atoms with E-state index in [1.54, 1.807) is 13.8 Å². The quantitative estimate of drug-likeness (QED) is 0.150. The molecule has 0 radical (unpaired) electrons. The van der Waals surface area contributed by atoms with E-state index < -0.39 is 70.7 Å². The predicted molar refractivity (Wildman–Crippen MR) is 153 cm³/mol. The fourth-order valence-electron chi connectivity index (χ4n) is 5.51. The molecule has 2 aromatic rings. The van der Waals surface area contributed by atoms with Crippen molar-refractivity contribution in [2.75, 3.05) is 20.8 Å². The maximum Gasteiger partial charge on any atom is 0.432 e. The van der Waals surface area contributed by atoms with E-state index in [1.165, 1.54) is 55.5 Å². The van der Waals surface area contributed by atoms with Crippen LogP contribution in [0.15, 0.2) is 84.5 Å². The van der Waals surface area contributed by atoms with E-state index in [1.807, 2.05) is 0 Å². The van der Waals surface area contributed by atoms with Crippen molar-refractivity contribution in [3.63, 3.8) is 0 Å². The molecule has 0 aliphatic heterocycles. The van der Waals surface area contributed by atoms with E-state index in [-0.39, 0.29) is 17.8 Å². The van der Waals surface area contributed by atoms with Crippen LogP contribution >= 0.6 is 0 Å². The van der Waals surface area contributed by atoms with Crippen LogP contribution in [0.3, 0.4) is 0 Å². The molecule has 0 saturated heterocycles. The van der Waals surface area contributed by atoms with Crippen molar-refractivity contribution in [2.45, 2.75) is 56.9 Å². The Morgan fingerprint density at radius 2 is 1.30 bits per heavy atom. The summed E-state index contributed by atoms with van der Waals surface area (Å²) in [6.07, 6.45) is -7.81. The van der Waals surface area contributed by atoms with Crippen LogP contribution in [-0.4, -0.2) is 57.0 Å². The molecule has 0 aromatic heterocycles. The van der Waals surface area contributed by atoms with Crippen molar-refractivity contribution < 1.29 is 59.7 Å². The van der Waals surface area contributed by atoms with E-state index in [0.717, 1.165) is 44.6 Å². The van der Waals surface area contributed by atoms with Gasteiger partial charge < -0.3 is 18.9 Å². The molecule has 0 amide bonds. The monoisotopic (exact) mass is 656 g/mol. The maximum absolute atomic E-state index is 14.3. The number of ether oxygens (including phenoxy) is 4. The number of hydrogen-bond acceptors (Lipinski definition) is 7. The Kier molecular flexibility index (Phi) is 10.9. The van der Waals surface area contributed by atoms with Crippen LogP contribution in [0.2, 0.25) is 0 Å². The Hall–Kier alpha value is -3.97. The number of allylic oxidation sites excluding steroid dienone is 2. The number of halogens is 6. The zero-order chi connectivity index (χ0) is 34.6. The third-order valence-electron chi connectivity index (χ3n) is 7.80. The van der Waals surface area contributed by atoms with Crippen LogP contribution in [0.1, 0.15) is 38.3 Å². The second-order valence-corrected chi connectivity index (χ2v) is 11.4. The van der Waals surface area contributed by atoms with Crippen LogP contribution in [0.25, 0.3) is 0 Å². The minimum atomic E-state index is -5.22. The van der Waals surface area contributed by atoms with Gasteiger partial charge in [0.05, 0.1) is 0 Å². The molecule has 4 atom stereocenters. The van der Waals surface area contributed by atoms with Gasteiger partial charge in [0, 0.05) is 37.7 Å². The van der Waals surface area contributed by atoms with Gasteiger partial charge in [-0.15, -0.1) is 0 Å². The van der Waals surface area contributed by atoms with Gasteiger partial charge in [-0.05, 0) is 30.1 Å². The van der Waals surface area contributed by atoms with Crippen LogP contribution in [0.4, 0.5) is 26.3 Å². The summed E-state index contributed by atoms with van der Waals surface area (Å²) in [4.78, 5) is 38.6. The Morgan fingerprint density at radius 1 is 0.848 bits per heavy atom. The first-order valence-electron chi connectivity index (χ1n) is 14.0. The zero-order valence-corrected chi connectivity index (χ0v) is 25.7. The molecule has 0 spiro atoms. The molecule has 7 nitrogen and oxygen atoms in total. The van der Waals surface area contributed by atoms with E-state index in [2.05, 4.69) is 0 Å². The van der Waals surface area contributed by atoms with Crippen molar-refractivity contribution >= 4 is 17.7 Å². The summed E-state index contributed by atoms with van der Waals surface area (Å²) in [5, 5.41) is 0. The number of esters is 2. The smallest absolute Gasteiger partial charge is 0.432 e. The average Bonchev–Trinajstić information content (AvgIpc) is 2.96. The van der Waals surface area contributed by atoms with Gasteiger partial charge in [0.15, 0.2) is 5.78 Å². The lowest BCUT2D eigenvalue weighted by atomic mass is 9.68. The molecule has 1 aliphatic rings. The standard InChI is InChI=1S/C33H34F6O7/c1-21(46-28(42)31(44-5,33(37,38)39)24-14-10-7-11-15-24)16-17-26-22(18-25(40)19-29(26,2)3)20-45-27(41)30(43-4,32(34,35)36)23-12-8-6-9-13-23/h6-18,21,26H,19-20H2,1-5H3/t21-,26+,30-,31-/m1/s1. The summed E-state index contributed by atoms with van der Waals surface area (Å²) in [5.74, 6) is -4.63. The molecule has 0 heterocycles. The third-order valence-corrected chi connectivity index (χ3v) is 7.80. The molecular formula is C33H34F6O7. The van der Waals surface area contributed by atoms with E-state index in [9.17, 15) is 40.7 Å². The van der Waals surface area contributed by atoms with Gasteiger partial charge in [-0.25, -0.2) is 9.59 Å². The Morgan fingerprint density at radius 3 is 1.74 bits per heavy atom. The highest BCUT2D eigenvalue weighted by Crippen LogP contribution is 2.45. The van der Waals surface area contributed by atoms with Crippen LogP contribution in [0, 0.1) is 11.3 Å². The highest BCUT2D eigenvalue weighted by atomic mass is 19.4. The Bertz CT molecular complexity index is 1450. The average molecular weight is 657 g/mol. The molecule has 0 N–H and O–H groups in total. The largest absolute Gasteiger partial charge is 0.458 e. The predicted octanol–water partition coefficient (Wildman–Crippen LogP) is 6.77. The van der Waals surface area contributed by atoms with Gasteiger partial charge in [-0.3, -0.25) is 4.79 Å². The van der Waals surface area contributed by atoms with E-state index in [0.29, 0.717) is 0 Å². The molecular weight excluding hydrogens is 622 g/mol. The first-order chi connectivity index (χ1) is 21.4. The second-order valence-electron chi connectivity index (χ2n) is 11.4. The lowest BCUT2D eigenvalue weighted by Gasteiger charge is -2.38. The fraction of sp³-hybridized carbons (Fsp3) is 0.424. The first kappa shape index (κ1) is 36.5. The summed E-state index contributed by atoms with van der Waals surface area (Å²) in [6, 6.07) is 12.4. The summed E-state index contributed by atoms with van der Waals surface area (Å²) in [5.41, 5.74) is -8.64. The Balaban J connectivity index is 1.88.